The molecule has 7 heteroatoms. The van der Waals surface area contributed by atoms with Gasteiger partial charge in [0.25, 0.3) is 5.91 Å². The average molecular weight is 377 g/mol. The van der Waals surface area contributed by atoms with E-state index < -0.39 is 23.3 Å². The minimum Gasteiger partial charge on any atom is -0.439 e. The minimum absolute atomic E-state index is 0.404. The zero-order chi connectivity index (χ0) is 19.7. The second-order valence-corrected chi connectivity index (χ2v) is 6.47. The summed E-state index contributed by atoms with van der Waals surface area (Å²) >= 11 is 0. The number of nitrogens with zero attached hydrogens (tertiary/aromatic N) is 2. The third-order valence-electron chi connectivity index (χ3n) is 4.57. The Morgan fingerprint density at radius 3 is 2.36 bits per heavy atom. The van der Waals surface area contributed by atoms with E-state index in [2.05, 4.69) is 10.3 Å². The highest BCUT2D eigenvalue weighted by Gasteiger charge is 2.49. The lowest BCUT2D eigenvalue weighted by molar-refractivity contribution is -0.121. The van der Waals surface area contributed by atoms with E-state index >= 15 is 0 Å². The van der Waals surface area contributed by atoms with Gasteiger partial charge >= 0.3 is 6.03 Å². The zero-order valence-electron chi connectivity index (χ0n) is 14.9. The lowest BCUT2D eigenvalue weighted by atomic mass is 9.92. The number of halogens is 1. The van der Waals surface area contributed by atoms with Crippen molar-refractivity contribution in [2.75, 3.05) is 4.90 Å². The molecule has 3 aromatic rings. The Labute approximate surface area is 160 Å². The largest absolute Gasteiger partial charge is 0.439 e. The minimum atomic E-state index is -1.27. The summed E-state index contributed by atoms with van der Waals surface area (Å²) in [6.07, 6.45) is 1.62. The molecule has 2 heterocycles. The fraction of sp³-hybridized carbons (Fsp3) is 0.0952. The van der Waals surface area contributed by atoms with Crippen LogP contribution in [0.3, 0.4) is 0 Å². The molecule has 3 amide bonds. The van der Waals surface area contributed by atoms with Crippen molar-refractivity contribution < 1.29 is 18.7 Å². The van der Waals surface area contributed by atoms with E-state index in [9.17, 15) is 14.0 Å². The van der Waals surface area contributed by atoms with E-state index in [1.165, 1.54) is 24.3 Å². The van der Waals surface area contributed by atoms with Gasteiger partial charge < -0.3 is 10.1 Å². The molecule has 6 nitrogen and oxygen atoms in total. The molecule has 1 aliphatic rings. The first kappa shape index (κ1) is 17.7. The highest BCUT2D eigenvalue weighted by atomic mass is 19.1. The van der Waals surface area contributed by atoms with Gasteiger partial charge in [-0.25, -0.2) is 19.1 Å². The van der Waals surface area contributed by atoms with Crippen molar-refractivity contribution in [3.05, 3.63) is 84.3 Å². The van der Waals surface area contributed by atoms with E-state index in [-0.39, 0.29) is 0 Å². The Morgan fingerprint density at radius 1 is 1.00 bits per heavy atom. The number of hydrogen-bond acceptors (Lipinski definition) is 4. The maximum Gasteiger partial charge on any atom is 0.329 e. The maximum absolute atomic E-state index is 13.2. The predicted octanol–water partition coefficient (Wildman–Crippen LogP) is 3.98. The normalized spacial score (nSPS) is 18.9. The van der Waals surface area contributed by atoms with Gasteiger partial charge in [-0.15, -0.1) is 0 Å². The summed E-state index contributed by atoms with van der Waals surface area (Å²) in [7, 11) is 0. The molecular formula is C21H16FN3O3. The SMILES string of the molecule is CC1(c2ccc(F)cc2)NC(=O)N(c2ccc(Oc3ccccn3)cc2)C1=O. The van der Waals surface area contributed by atoms with Gasteiger partial charge in [0.1, 0.15) is 17.1 Å². The van der Waals surface area contributed by atoms with E-state index in [0.717, 1.165) is 4.90 Å². The fourth-order valence-corrected chi connectivity index (χ4v) is 3.04. The lowest BCUT2D eigenvalue weighted by Crippen LogP contribution is -2.40. The van der Waals surface area contributed by atoms with Crippen LogP contribution in [0.1, 0.15) is 12.5 Å². The standard InChI is InChI=1S/C21H16FN3O3/c1-21(14-5-7-15(22)8-6-14)19(26)25(20(27)24-21)16-9-11-17(12-10-16)28-18-4-2-3-13-23-18/h2-13H,1H3,(H,24,27). The zero-order valence-corrected chi connectivity index (χ0v) is 14.9. The highest BCUT2D eigenvalue weighted by Crippen LogP contribution is 2.33. The number of rotatable bonds is 4. The predicted molar refractivity (Wildman–Crippen MR) is 101 cm³/mol. The Morgan fingerprint density at radius 2 is 1.71 bits per heavy atom. The van der Waals surface area contributed by atoms with E-state index in [1.807, 2.05) is 0 Å². The first-order valence-electron chi connectivity index (χ1n) is 8.59. The summed E-state index contributed by atoms with van der Waals surface area (Å²) in [6.45, 7) is 1.60. The summed E-state index contributed by atoms with van der Waals surface area (Å²) in [5.41, 5.74) is -0.361. The lowest BCUT2D eigenvalue weighted by Gasteiger charge is -2.22. The summed E-state index contributed by atoms with van der Waals surface area (Å²) in [5.74, 6) is 0.108. The first-order chi connectivity index (χ1) is 13.5. The molecule has 1 N–H and O–H groups in total. The molecule has 0 bridgehead atoms. The van der Waals surface area contributed by atoms with Crippen molar-refractivity contribution in [2.24, 2.45) is 0 Å². The Kier molecular flexibility index (Phi) is 4.27. The van der Waals surface area contributed by atoms with Crippen molar-refractivity contribution in [3.8, 4) is 11.6 Å². The molecule has 1 unspecified atom stereocenters. The Balaban J connectivity index is 1.58. The van der Waals surface area contributed by atoms with Crippen molar-refractivity contribution in [1.82, 2.24) is 10.3 Å². The molecule has 140 valence electrons. The maximum atomic E-state index is 13.2. The number of imide groups is 1. The summed E-state index contributed by atoms with van der Waals surface area (Å²) in [6, 6.07) is 16.8. The van der Waals surface area contributed by atoms with Gasteiger partial charge in [-0.2, -0.15) is 0 Å². The number of carbonyl (C=O) groups is 2. The smallest absolute Gasteiger partial charge is 0.329 e. The van der Waals surface area contributed by atoms with Gasteiger partial charge in [-0.05, 0) is 55.0 Å². The molecule has 1 fully saturated rings. The van der Waals surface area contributed by atoms with Crippen LogP contribution in [0.15, 0.2) is 72.9 Å². The van der Waals surface area contributed by atoms with Gasteiger partial charge in [0, 0.05) is 12.3 Å². The number of benzene rings is 2. The summed E-state index contributed by atoms with van der Waals surface area (Å²) in [4.78, 5) is 30.6. The summed E-state index contributed by atoms with van der Waals surface area (Å²) < 4.78 is 18.8. The van der Waals surface area contributed by atoms with Crippen LogP contribution in [-0.4, -0.2) is 16.9 Å². The molecule has 0 aliphatic carbocycles. The third-order valence-corrected chi connectivity index (χ3v) is 4.57. The van der Waals surface area contributed by atoms with Gasteiger partial charge in [0.15, 0.2) is 0 Å². The van der Waals surface area contributed by atoms with Crippen LogP contribution >= 0.6 is 0 Å². The number of urea groups is 1. The number of aromatic nitrogens is 1. The topological polar surface area (TPSA) is 71.5 Å². The molecule has 1 aliphatic heterocycles. The Hall–Kier alpha value is -3.74. The van der Waals surface area contributed by atoms with Crippen LogP contribution in [0.25, 0.3) is 0 Å². The van der Waals surface area contributed by atoms with E-state index in [4.69, 9.17) is 4.74 Å². The number of ether oxygens (including phenoxy) is 1. The number of hydrogen-bond donors (Lipinski definition) is 1. The molecule has 28 heavy (non-hydrogen) atoms. The summed E-state index contributed by atoms with van der Waals surface area (Å²) in [5, 5.41) is 2.69. The van der Waals surface area contributed by atoms with Crippen molar-refractivity contribution in [3.63, 3.8) is 0 Å². The molecule has 2 aromatic carbocycles. The fourth-order valence-electron chi connectivity index (χ4n) is 3.04. The van der Waals surface area contributed by atoms with Crippen molar-refractivity contribution in [1.29, 1.82) is 0 Å². The molecule has 1 aromatic heterocycles. The van der Waals surface area contributed by atoms with Crippen molar-refractivity contribution >= 4 is 17.6 Å². The molecule has 4 rings (SSSR count). The molecular weight excluding hydrogens is 361 g/mol. The van der Waals surface area contributed by atoms with Crippen LogP contribution in [0.4, 0.5) is 14.9 Å². The first-order valence-corrected chi connectivity index (χ1v) is 8.59. The van der Waals surface area contributed by atoms with E-state index in [1.54, 1.807) is 55.6 Å². The molecule has 1 saturated heterocycles. The van der Waals surface area contributed by atoms with Gasteiger partial charge in [0.05, 0.1) is 5.69 Å². The van der Waals surface area contributed by atoms with Crippen LogP contribution in [0.2, 0.25) is 0 Å². The quantitative estimate of drug-likeness (QED) is 0.698. The van der Waals surface area contributed by atoms with Gasteiger partial charge in [-0.3, -0.25) is 4.79 Å². The van der Waals surface area contributed by atoms with Crippen molar-refractivity contribution in [2.45, 2.75) is 12.5 Å². The average Bonchev–Trinajstić information content (AvgIpc) is 2.93. The molecule has 0 radical (unpaired) electrons. The number of amides is 3. The molecule has 1 atom stereocenters. The number of pyridine rings is 1. The van der Waals surface area contributed by atoms with Gasteiger partial charge in [-0.1, -0.05) is 18.2 Å². The number of carbonyl (C=O) groups excluding carboxylic acids is 2. The van der Waals surface area contributed by atoms with Crippen LogP contribution < -0.4 is 15.0 Å². The number of anilines is 1. The van der Waals surface area contributed by atoms with E-state index in [0.29, 0.717) is 22.9 Å². The Bertz CT molecular complexity index is 1020. The van der Waals surface area contributed by atoms with Gasteiger partial charge in [0.2, 0.25) is 5.88 Å². The van der Waals surface area contributed by atoms with Crippen LogP contribution in [0.5, 0.6) is 11.6 Å². The molecule has 0 saturated carbocycles. The number of nitrogens with one attached hydrogen (secondary N) is 1. The highest BCUT2D eigenvalue weighted by molar-refractivity contribution is 6.23. The second kappa shape index (κ2) is 6.77. The van der Waals surface area contributed by atoms with Crippen LogP contribution in [-0.2, 0) is 10.3 Å². The molecule has 0 spiro atoms. The monoisotopic (exact) mass is 377 g/mol. The third kappa shape index (κ3) is 3.07. The second-order valence-electron chi connectivity index (χ2n) is 6.47. The van der Waals surface area contributed by atoms with Crippen LogP contribution in [0, 0.1) is 5.82 Å².